The van der Waals surface area contributed by atoms with Gasteiger partial charge in [-0.15, -0.1) is 0 Å². The smallest absolute Gasteiger partial charge is 0.262 e. The second-order valence-electron chi connectivity index (χ2n) is 4.02. The van der Waals surface area contributed by atoms with E-state index in [9.17, 15) is 4.79 Å². The van der Waals surface area contributed by atoms with Gasteiger partial charge in [0, 0.05) is 5.69 Å². The first-order valence-electron chi connectivity index (χ1n) is 5.74. The molecule has 5 heteroatoms. The Labute approximate surface area is 116 Å². The van der Waals surface area contributed by atoms with Crippen molar-refractivity contribution < 1.29 is 9.53 Å². The summed E-state index contributed by atoms with van der Waals surface area (Å²) < 4.78 is 5.29. The fraction of sp³-hybridized carbons (Fsp3) is 0.143. The standard InChI is InChI=1S/C14H13ClN2O2/c1-10-2-4-11(5-3-10)17-14(18)9-19-12-6-7-13(15)16-8-12/h2-8H,9H2,1H3,(H,17,18). The van der Waals surface area contributed by atoms with Crippen molar-refractivity contribution in [3.05, 3.63) is 53.3 Å². The first kappa shape index (κ1) is 13.4. The zero-order valence-corrected chi connectivity index (χ0v) is 11.1. The number of benzene rings is 1. The number of aryl methyl sites for hydroxylation is 1. The van der Waals surface area contributed by atoms with Crippen LogP contribution in [0.2, 0.25) is 5.15 Å². The van der Waals surface area contributed by atoms with Crippen molar-refractivity contribution in [1.29, 1.82) is 0 Å². The van der Waals surface area contributed by atoms with Crippen molar-refractivity contribution >= 4 is 23.2 Å². The van der Waals surface area contributed by atoms with Crippen LogP contribution in [0.4, 0.5) is 5.69 Å². The molecule has 1 N–H and O–H groups in total. The molecule has 1 aromatic heterocycles. The third-order valence-corrected chi connectivity index (χ3v) is 2.63. The van der Waals surface area contributed by atoms with Gasteiger partial charge in [0.05, 0.1) is 6.20 Å². The van der Waals surface area contributed by atoms with E-state index in [1.807, 2.05) is 31.2 Å². The molecule has 4 nitrogen and oxygen atoms in total. The van der Waals surface area contributed by atoms with Gasteiger partial charge in [-0.1, -0.05) is 29.3 Å². The van der Waals surface area contributed by atoms with E-state index in [4.69, 9.17) is 16.3 Å². The van der Waals surface area contributed by atoms with E-state index in [0.29, 0.717) is 10.9 Å². The number of anilines is 1. The maximum atomic E-state index is 11.7. The number of rotatable bonds is 4. The largest absolute Gasteiger partial charge is 0.482 e. The number of halogens is 1. The van der Waals surface area contributed by atoms with E-state index in [0.717, 1.165) is 11.3 Å². The zero-order valence-electron chi connectivity index (χ0n) is 10.4. The van der Waals surface area contributed by atoms with Gasteiger partial charge in [-0.25, -0.2) is 4.98 Å². The average Bonchev–Trinajstić information content (AvgIpc) is 2.41. The summed E-state index contributed by atoms with van der Waals surface area (Å²) in [4.78, 5) is 15.5. The number of aromatic nitrogens is 1. The number of nitrogens with one attached hydrogen (secondary N) is 1. The molecule has 1 amide bonds. The molecule has 0 bridgehead atoms. The number of nitrogens with zero attached hydrogens (tertiary/aromatic N) is 1. The molecular formula is C14H13ClN2O2. The van der Waals surface area contributed by atoms with E-state index in [1.165, 1.54) is 6.20 Å². The normalized spacial score (nSPS) is 10.0. The first-order valence-corrected chi connectivity index (χ1v) is 6.12. The molecule has 0 saturated heterocycles. The van der Waals surface area contributed by atoms with Crippen LogP contribution in [0.1, 0.15) is 5.56 Å². The summed E-state index contributed by atoms with van der Waals surface area (Å²) in [7, 11) is 0. The number of ether oxygens (including phenoxy) is 1. The van der Waals surface area contributed by atoms with Crippen molar-refractivity contribution in [2.24, 2.45) is 0 Å². The predicted octanol–water partition coefficient (Wildman–Crippen LogP) is 3.06. The minimum Gasteiger partial charge on any atom is -0.482 e. The molecule has 0 aliphatic heterocycles. The van der Waals surface area contributed by atoms with Crippen LogP contribution in [0.3, 0.4) is 0 Å². The second-order valence-corrected chi connectivity index (χ2v) is 4.41. The number of hydrogen-bond donors (Lipinski definition) is 1. The molecular weight excluding hydrogens is 264 g/mol. The Morgan fingerprint density at radius 2 is 2.00 bits per heavy atom. The van der Waals surface area contributed by atoms with Gasteiger partial charge in [0.2, 0.25) is 0 Å². The van der Waals surface area contributed by atoms with Crippen LogP contribution in [0.15, 0.2) is 42.6 Å². The molecule has 0 aliphatic carbocycles. The van der Waals surface area contributed by atoms with Crippen LogP contribution in [0, 0.1) is 6.92 Å². The Kier molecular flexibility index (Phi) is 4.36. The average molecular weight is 277 g/mol. The Balaban J connectivity index is 1.84. The minimum atomic E-state index is -0.223. The van der Waals surface area contributed by atoms with Gasteiger partial charge >= 0.3 is 0 Å². The SMILES string of the molecule is Cc1ccc(NC(=O)COc2ccc(Cl)nc2)cc1. The monoisotopic (exact) mass is 276 g/mol. The maximum Gasteiger partial charge on any atom is 0.262 e. The zero-order chi connectivity index (χ0) is 13.7. The molecule has 1 aromatic carbocycles. The van der Waals surface area contributed by atoms with Gasteiger partial charge in [0.25, 0.3) is 5.91 Å². The van der Waals surface area contributed by atoms with Gasteiger partial charge in [0.15, 0.2) is 6.61 Å². The van der Waals surface area contributed by atoms with Gasteiger partial charge in [-0.2, -0.15) is 0 Å². The Hall–Kier alpha value is -2.07. The molecule has 0 saturated carbocycles. The number of hydrogen-bond acceptors (Lipinski definition) is 3. The second kappa shape index (κ2) is 6.20. The summed E-state index contributed by atoms with van der Waals surface area (Å²) in [5.41, 5.74) is 1.88. The highest BCUT2D eigenvalue weighted by atomic mass is 35.5. The summed E-state index contributed by atoms with van der Waals surface area (Å²) in [6, 6.07) is 10.8. The van der Waals surface area contributed by atoms with Gasteiger partial charge < -0.3 is 10.1 Å². The van der Waals surface area contributed by atoms with Crippen molar-refractivity contribution in [3.8, 4) is 5.75 Å². The molecule has 0 fully saturated rings. The lowest BCUT2D eigenvalue weighted by Crippen LogP contribution is -2.20. The molecule has 2 rings (SSSR count). The third-order valence-electron chi connectivity index (χ3n) is 2.41. The molecule has 98 valence electrons. The number of carbonyl (C=O) groups is 1. The quantitative estimate of drug-likeness (QED) is 0.873. The summed E-state index contributed by atoms with van der Waals surface area (Å²) >= 11 is 5.65. The Morgan fingerprint density at radius 3 is 2.63 bits per heavy atom. The van der Waals surface area contributed by atoms with Crippen LogP contribution in [0.5, 0.6) is 5.75 Å². The van der Waals surface area contributed by atoms with E-state index >= 15 is 0 Å². The first-order chi connectivity index (χ1) is 9.13. The van der Waals surface area contributed by atoms with Crippen molar-refractivity contribution in [2.75, 3.05) is 11.9 Å². The van der Waals surface area contributed by atoms with Crippen LogP contribution in [-0.4, -0.2) is 17.5 Å². The van der Waals surface area contributed by atoms with Crippen molar-refractivity contribution in [2.45, 2.75) is 6.92 Å². The Morgan fingerprint density at radius 1 is 1.26 bits per heavy atom. The summed E-state index contributed by atoms with van der Waals surface area (Å²) in [6.45, 7) is 1.92. The van der Waals surface area contributed by atoms with Crippen molar-refractivity contribution in [1.82, 2.24) is 4.98 Å². The molecule has 0 aliphatic rings. The molecule has 0 unspecified atom stereocenters. The molecule has 19 heavy (non-hydrogen) atoms. The summed E-state index contributed by atoms with van der Waals surface area (Å²) in [5, 5.41) is 3.13. The van der Waals surface area contributed by atoms with Gasteiger partial charge in [-0.05, 0) is 31.2 Å². The minimum absolute atomic E-state index is 0.0722. The van der Waals surface area contributed by atoms with Gasteiger partial charge in [0.1, 0.15) is 10.9 Å². The van der Waals surface area contributed by atoms with Crippen LogP contribution in [-0.2, 0) is 4.79 Å². The lowest BCUT2D eigenvalue weighted by atomic mass is 10.2. The highest BCUT2D eigenvalue weighted by Gasteiger charge is 2.03. The van der Waals surface area contributed by atoms with Crippen LogP contribution < -0.4 is 10.1 Å². The van der Waals surface area contributed by atoms with E-state index in [2.05, 4.69) is 10.3 Å². The van der Waals surface area contributed by atoms with Crippen molar-refractivity contribution in [3.63, 3.8) is 0 Å². The molecule has 0 radical (unpaired) electrons. The van der Waals surface area contributed by atoms with Gasteiger partial charge in [-0.3, -0.25) is 4.79 Å². The van der Waals surface area contributed by atoms with Crippen LogP contribution >= 0.6 is 11.6 Å². The lowest BCUT2D eigenvalue weighted by molar-refractivity contribution is -0.118. The molecule has 1 heterocycles. The molecule has 2 aromatic rings. The molecule has 0 spiro atoms. The third kappa shape index (κ3) is 4.26. The summed E-state index contributed by atoms with van der Waals surface area (Å²) in [5.74, 6) is 0.280. The number of amides is 1. The van der Waals surface area contributed by atoms with E-state index in [1.54, 1.807) is 12.1 Å². The van der Waals surface area contributed by atoms with Crippen LogP contribution in [0.25, 0.3) is 0 Å². The maximum absolute atomic E-state index is 11.7. The predicted molar refractivity (Wildman–Crippen MR) is 74.6 cm³/mol. The van der Waals surface area contributed by atoms with E-state index in [-0.39, 0.29) is 12.5 Å². The fourth-order valence-electron chi connectivity index (χ4n) is 1.43. The highest BCUT2D eigenvalue weighted by molar-refractivity contribution is 6.29. The number of carbonyl (C=O) groups excluding carboxylic acids is 1. The number of pyridine rings is 1. The molecule has 0 atom stereocenters. The fourth-order valence-corrected chi connectivity index (χ4v) is 1.54. The van der Waals surface area contributed by atoms with E-state index < -0.39 is 0 Å². The lowest BCUT2D eigenvalue weighted by Gasteiger charge is -2.07. The topological polar surface area (TPSA) is 51.2 Å². The Bertz CT molecular complexity index is 553. The summed E-state index contributed by atoms with van der Waals surface area (Å²) in [6.07, 6.45) is 1.47. The highest BCUT2D eigenvalue weighted by Crippen LogP contribution is 2.12.